The quantitative estimate of drug-likeness (QED) is 0.729. The monoisotopic (exact) mass is 370 g/mol. The molecule has 2 aliphatic rings. The Morgan fingerprint density at radius 3 is 1.56 bits per heavy atom. The number of benzene rings is 2. The molecular formula is C24H34O3. The lowest BCUT2D eigenvalue weighted by molar-refractivity contribution is -0.0778. The van der Waals surface area contributed by atoms with Crippen molar-refractivity contribution in [2.75, 3.05) is 0 Å². The molecule has 0 bridgehead atoms. The maximum Gasteiger partial charge on any atom is 0.0720 e. The van der Waals surface area contributed by atoms with Crippen LogP contribution in [0, 0.1) is 0 Å². The van der Waals surface area contributed by atoms with Crippen LogP contribution >= 0.6 is 0 Å². The number of ether oxygens (including phenoxy) is 2. The van der Waals surface area contributed by atoms with Gasteiger partial charge in [0.15, 0.2) is 0 Å². The summed E-state index contributed by atoms with van der Waals surface area (Å²) in [4.78, 5) is 0. The Labute approximate surface area is 164 Å². The fourth-order valence-corrected chi connectivity index (χ4v) is 2.79. The lowest BCUT2D eigenvalue weighted by atomic mass is 9.92. The molecule has 2 aromatic carbocycles. The van der Waals surface area contributed by atoms with Crippen molar-refractivity contribution in [3.63, 3.8) is 0 Å². The summed E-state index contributed by atoms with van der Waals surface area (Å²) in [6.07, 6.45) is 6.15. The standard InChI is InChI=1S/C11H14O2.C11H14O.C2H6/c12-10-6-11(7-10)13-8-9-4-2-1-3-5-9;1-2-5-10(6-3-1)9-12-11-7-4-8-11;1-2/h1-5,10-12H,6-8H2;1-3,5-6,11H,4,7-9H2;1-2H3. The number of aliphatic hydroxyl groups is 1. The Bertz CT molecular complexity index is 590. The molecular weight excluding hydrogens is 336 g/mol. The first-order chi connectivity index (χ1) is 13.3. The molecule has 0 unspecified atom stereocenters. The zero-order valence-corrected chi connectivity index (χ0v) is 16.7. The first-order valence-electron chi connectivity index (χ1n) is 10.3. The van der Waals surface area contributed by atoms with E-state index < -0.39 is 0 Å². The Kier molecular flexibility index (Phi) is 10.1. The topological polar surface area (TPSA) is 38.7 Å². The van der Waals surface area contributed by atoms with E-state index in [-0.39, 0.29) is 12.2 Å². The second-order valence-corrected chi connectivity index (χ2v) is 6.89. The molecule has 0 aliphatic heterocycles. The van der Waals surface area contributed by atoms with Gasteiger partial charge in [0, 0.05) is 0 Å². The van der Waals surface area contributed by atoms with Gasteiger partial charge in [0.2, 0.25) is 0 Å². The molecule has 2 saturated carbocycles. The highest BCUT2D eigenvalue weighted by molar-refractivity contribution is 5.14. The van der Waals surface area contributed by atoms with Crippen LogP contribution in [0.5, 0.6) is 0 Å². The van der Waals surface area contributed by atoms with Crippen LogP contribution in [-0.4, -0.2) is 23.4 Å². The van der Waals surface area contributed by atoms with Crippen LogP contribution in [0.15, 0.2) is 60.7 Å². The van der Waals surface area contributed by atoms with E-state index in [2.05, 4.69) is 36.4 Å². The molecule has 0 heterocycles. The average Bonchev–Trinajstić information content (AvgIpc) is 2.67. The average molecular weight is 371 g/mol. The third-order valence-electron chi connectivity index (χ3n) is 4.78. The van der Waals surface area contributed by atoms with Gasteiger partial charge in [-0.25, -0.2) is 0 Å². The Balaban J connectivity index is 0.000000178. The summed E-state index contributed by atoms with van der Waals surface area (Å²) in [6, 6.07) is 20.5. The van der Waals surface area contributed by atoms with Gasteiger partial charge in [0.25, 0.3) is 0 Å². The molecule has 148 valence electrons. The third-order valence-corrected chi connectivity index (χ3v) is 4.78. The van der Waals surface area contributed by atoms with E-state index in [0.717, 1.165) is 19.4 Å². The molecule has 2 aromatic rings. The molecule has 1 N–H and O–H groups in total. The van der Waals surface area contributed by atoms with Crippen LogP contribution in [0.3, 0.4) is 0 Å². The van der Waals surface area contributed by atoms with Crippen LogP contribution in [0.2, 0.25) is 0 Å². The minimum Gasteiger partial charge on any atom is -0.393 e. The van der Waals surface area contributed by atoms with E-state index in [0.29, 0.717) is 12.7 Å². The predicted molar refractivity (Wildman–Crippen MR) is 110 cm³/mol. The zero-order chi connectivity index (χ0) is 19.3. The Morgan fingerprint density at radius 1 is 0.741 bits per heavy atom. The maximum absolute atomic E-state index is 9.04. The molecule has 2 fully saturated rings. The molecule has 4 rings (SSSR count). The third kappa shape index (κ3) is 8.25. The lowest BCUT2D eigenvalue weighted by Gasteiger charge is -2.31. The molecule has 0 amide bonds. The van der Waals surface area contributed by atoms with Gasteiger partial charge in [-0.05, 0) is 43.2 Å². The van der Waals surface area contributed by atoms with Gasteiger partial charge in [-0.3, -0.25) is 0 Å². The van der Waals surface area contributed by atoms with Crippen molar-refractivity contribution in [3.05, 3.63) is 71.8 Å². The van der Waals surface area contributed by atoms with E-state index in [1.54, 1.807) is 0 Å². The highest BCUT2D eigenvalue weighted by Gasteiger charge is 2.27. The summed E-state index contributed by atoms with van der Waals surface area (Å²) in [5, 5.41) is 9.04. The summed E-state index contributed by atoms with van der Waals surface area (Å²) in [6.45, 7) is 5.45. The second-order valence-electron chi connectivity index (χ2n) is 6.89. The van der Waals surface area contributed by atoms with Crippen LogP contribution < -0.4 is 0 Å². The molecule has 2 aliphatic carbocycles. The molecule has 3 nitrogen and oxygen atoms in total. The first-order valence-corrected chi connectivity index (χ1v) is 10.3. The summed E-state index contributed by atoms with van der Waals surface area (Å²) in [5.41, 5.74) is 2.48. The first kappa shape index (κ1) is 21.6. The highest BCUT2D eigenvalue weighted by Crippen LogP contribution is 2.24. The fourth-order valence-electron chi connectivity index (χ4n) is 2.79. The van der Waals surface area contributed by atoms with Gasteiger partial charge in [-0.2, -0.15) is 0 Å². The Morgan fingerprint density at radius 2 is 1.19 bits per heavy atom. The molecule has 0 saturated heterocycles. The predicted octanol–water partition coefficient (Wildman–Crippen LogP) is 5.51. The van der Waals surface area contributed by atoms with Crippen LogP contribution in [0.1, 0.15) is 57.1 Å². The molecule has 0 spiro atoms. The van der Waals surface area contributed by atoms with E-state index in [1.807, 2.05) is 38.1 Å². The van der Waals surface area contributed by atoms with Crippen molar-refractivity contribution in [2.24, 2.45) is 0 Å². The van der Waals surface area contributed by atoms with Gasteiger partial charge in [-0.1, -0.05) is 74.5 Å². The largest absolute Gasteiger partial charge is 0.393 e. The fraction of sp³-hybridized carbons (Fsp3) is 0.500. The summed E-state index contributed by atoms with van der Waals surface area (Å²) >= 11 is 0. The molecule has 0 radical (unpaired) electrons. The molecule has 0 aromatic heterocycles. The van der Waals surface area contributed by atoms with E-state index in [9.17, 15) is 0 Å². The second kappa shape index (κ2) is 12.7. The highest BCUT2D eigenvalue weighted by atomic mass is 16.5. The zero-order valence-electron chi connectivity index (χ0n) is 16.7. The number of hydrogen-bond acceptors (Lipinski definition) is 3. The lowest BCUT2D eigenvalue weighted by Crippen LogP contribution is -2.35. The minimum absolute atomic E-state index is 0.124. The Hall–Kier alpha value is -1.68. The minimum atomic E-state index is -0.124. The van der Waals surface area contributed by atoms with Gasteiger partial charge in [0.1, 0.15) is 0 Å². The van der Waals surface area contributed by atoms with Gasteiger partial charge in [-0.15, -0.1) is 0 Å². The SMILES string of the molecule is CC.OC1CC(OCc2ccccc2)C1.c1ccc(COC2CCC2)cc1. The van der Waals surface area contributed by atoms with Crippen molar-refractivity contribution in [2.45, 2.75) is 77.5 Å². The molecule has 3 heteroatoms. The van der Waals surface area contributed by atoms with Crippen LogP contribution in [-0.2, 0) is 22.7 Å². The number of rotatable bonds is 6. The van der Waals surface area contributed by atoms with Crippen LogP contribution in [0.25, 0.3) is 0 Å². The smallest absolute Gasteiger partial charge is 0.0720 e. The van der Waals surface area contributed by atoms with Gasteiger partial charge < -0.3 is 14.6 Å². The summed E-state index contributed by atoms with van der Waals surface area (Å²) < 4.78 is 11.2. The van der Waals surface area contributed by atoms with Gasteiger partial charge in [0.05, 0.1) is 31.5 Å². The summed E-state index contributed by atoms with van der Waals surface area (Å²) in [5.74, 6) is 0. The normalized spacial score (nSPS) is 20.9. The van der Waals surface area contributed by atoms with Gasteiger partial charge >= 0.3 is 0 Å². The van der Waals surface area contributed by atoms with Crippen molar-refractivity contribution in [1.82, 2.24) is 0 Å². The van der Waals surface area contributed by atoms with Crippen molar-refractivity contribution < 1.29 is 14.6 Å². The van der Waals surface area contributed by atoms with E-state index in [1.165, 1.54) is 30.4 Å². The summed E-state index contributed by atoms with van der Waals surface area (Å²) in [7, 11) is 0. The number of hydrogen-bond donors (Lipinski definition) is 1. The van der Waals surface area contributed by atoms with Crippen molar-refractivity contribution in [3.8, 4) is 0 Å². The maximum atomic E-state index is 9.04. The molecule has 0 atom stereocenters. The van der Waals surface area contributed by atoms with Crippen molar-refractivity contribution in [1.29, 1.82) is 0 Å². The van der Waals surface area contributed by atoms with Crippen molar-refractivity contribution >= 4 is 0 Å². The number of aliphatic hydroxyl groups excluding tert-OH is 1. The van der Waals surface area contributed by atoms with Crippen LogP contribution in [0.4, 0.5) is 0 Å². The van der Waals surface area contributed by atoms with E-state index >= 15 is 0 Å². The van der Waals surface area contributed by atoms with E-state index in [4.69, 9.17) is 14.6 Å². The molecule has 27 heavy (non-hydrogen) atoms.